The number of ether oxygens (including phenoxy) is 3. The van der Waals surface area contributed by atoms with Crippen LogP contribution in [0.2, 0.25) is 10.0 Å². The minimum absolute atomic E-state index is 0.261. The van der Waals surface area contributed by atoms with Crippen LogP contribution in [0, 0.1) is 0 Å². The molecule has 0 spiro atoms. The molecule has 0 N–H and O–H groups in total. The first-order valence-corrected chi connectivity index (χ1v) is 9.30. The van der Waals surface area contributed by atoms with Gasteiger partial charge in [-0.15, -0.1) is 0 Å². The van der Waals surface area contributed by atoms with E-state index in [1.165, 1.54) is 31.4 Å². The zero-order valence-corrected chi connectivity index (χ0v) is 16.8. The fourth-order valence-corrected chi connectivity index (χ4v) is 2.77. The van der Waals surface area contributed by atoms with Crippen LogP contribution in [0.25, 0.3) is 0 Å². The molecule has 3 rings (SSSR count). The van der Waals surface area contributed by atoms with E-state index in [0.29, 0.717) is 21.4 Å². The van der Waals surface area contributed by atoms with E-state index in [-0.39, 0.29) is 11.5 Å². The van der Waals surface area contributed by atoms with E-state index in [1.807, 2.05) is 0 Å². The Morgan fingerprint density at radius 2 is 1.03 bits per heavy atom. The standard InChI is InChI=1S/C22H16Cl2O5/c1-27-17-8-2-14(3-9-17)20(21(25)28-18-10-4-15(23)5-11-18)22(26)29-19-12-6-16(24)7-13-19/h2-13,20H,1H3. The number of hydrogen-bond donors (Lipinski definition) is 0. The monoisotopic (exact) mass is 430 g/mol. The Morgan fingerprint density at radius 3 is 1.41 bits per heavy atom. The second kappa shape index (κ2) is 9.45. The molecule has 0 aromatic heterocycles. The second-order valence-electron chi connectivity index (χ2n) is 5.96. The van der Waals surface area contributed by atoms with Crippen LogP contribution in [0.5, 0.6) is 17.2 Å². The van der Waals surface area contributed by atoms with Crippen molar-refractivity contribution in [1.29, 1.82) is 0 Å². The third kappa shape index (κ3) is 5.50. The molecule has 0 aliphatic heterocycles. The Hall–Kier alpha value is -3.02. The van der Waals surface area contributed by atoms with Crippen molar-refractivity contribution in [3.63, 3.8) is 0 Å². The van der Waals surface area contributed by atoms with Gasteiger partial charge in [-0.1, -0.05) is 35.3 Å². The van der Waals surface area contributed by atoms with E-state index >= 15 is 0 Å². The summed E-state index contributed by atoms with van der Waals surface area (Å²) < 4.78 is 15.9. The number of rotatable bonds is 6. The molecule has 0 saturated carbocycles. The van der Waals surface area contributed by atoms with E-state index in [1.54, 1.807) is 48.5 Å². The second-order valence-corrected chi connectivity index (χ2v) is 6.83. The number of methoxy groups -OCH3 is 1. The minimum atomic E-state index is -1.30. The molecule has 0 amide bonds. The molecule has 3 aromatic carbocycles. The number of carbonyl (C=O) groups excluding carboxylic acids is 2. The van der Waals surface area contributed by atoms with Gasteiger partial charge in [0.25, 0.3) is 0 Å². The van der Waals surface area contributed by atoms with Crippen LogP contribution in [-0.4, -0.2) is 19.0 Å². The zero-order chi connectivity index (χ0) is 20.8. The van der Waals surface area contributed by atoms with Gasteiger partial charge in [0.2, 0.25) is 0 Å². The normalized spacial score (nSPS) is 10.5. The van der Waals surface area contributed by atoms with Crippen molar-refractivity contribution < 1.29 is 23.8 Å². The van der Waals surface area contributed by atoms with Crippen molar-refractivity contribution in [2.24, 2.45) is 0 Å². The van der Waals surface area contributed by atoms with Gasteiger partial charge < -0.3 is 14.2 Å². The molecule has 148 valence electrons. The summed E-state index contributed by atoms with van der Waals surface area (Å²) >= 11 is 11.7. The van der Waals surface area contributed by atoms with Crippen LogP contribution in [-0.2, 0) is 9.59 Å². The Labute approximate surface area is 177 Å². The summed E-state index contributed by atoms with van der Waals surface area (Å²) in [6.45, 7) is 0. The Bertz CT molecular complexity index is 924. The number of esters is 2. The highest BCUT2D eigenvalue weighted by Gasteiger charge is 2.32. The van der Waals surface area contributed by atoms with Crippen LogP contribution in [0.15, 0.2) is 72.8 Å². The molecular weight excluding hydrogens is 415 g/mol. The van der Waals surface area contributed by atoms with E-state index in [2.05, 4.69) is 0 Å². The third-order valence-corrected chi connectivity index (χ3v) is 4.49. The first kappa shape index (κ1) is 20.7. The van der Waals surface area contributed by atoms with Crippen LogP contribution in [0.4, 0.5) is 0 Å². The third-order valence-electron chi connectivity index (χ3n) is 3.98. The van der Waals surface area contributed by atoms with Gasteiger partial charge in [-0.25, -0.2) is 0 Å². The molecule has 3 aromatic rings. The van der Waals surface area contributed by atoms with E-state index in [9.17, 15) is 9.59 Å². The highest BCUT2D eigenvalue weighted by atomic mass is 35.5. The van der Waals surface area contributed by atoms with Gasteiger partial charge in [-0.3, -0.25) is 9.59 Å². The highest BCUT2D eigenvalue weighted by Crippen LogP contribution is 2.26. The summed E-state index contributed by atoms with van der Waals surface area (Å²) in [7, 11) is 1.52. The average Bonchev–Trinajstić information content (AvgIpc) is 2.72. The molecule has 0 radical (unpaired) electrons. The molecular formula is C22H16Cl2O5. The quantitative estimate of drug-likeness (QED) is 0.301. The van der Waals surface area contributed by atoms with Gasteiger partial charge in [0, 0.05) is 10.0 Å². The molecule has 5 nitrogen and oxygen atoms in total. The Balaban J connectivity index is 1.87. The fraction of sp³-hybridized carbons (Fsp3) is 0.0909. The summed E-state index contributed by atoms with van der Waals surface area (Å²) in [5, 5.41) is 0.998. The predicted molar refractivity (Wildman–Crippen MR) is 110 cm³/mol. The number of halogens is 2. The van der Waals surface area contributed by atoms with E-state index in [4.69, 9.17) is 37.4 Å². The Kier molecular flexibility index (Phi) is 6.75. The maximum atomic E-state index is 12.8. The van der Waals surface area contributed by atoms with Gasteiger partial charge in [0.1, 0.15) is 17.2 Å². The lowest BCUT2D eigenvalue weighted by molar-refractivity contribution is -0.147. The number of benzene rings is 3. The summed E-state index contributed by atoms with van der Waals surface area (Å²) in [6.07, 6.45) is 0. The summed E-state index contributed by atoms with van der Waals surface area (Å²) in [6, 6.07) is 19.0. The maximum absolute atomic E-state index is 12.8. The van der Waals surface area contributed by atoms with Crippen molar-refractivity contribution in [3.8, 4) is 17.2 Å². The van der Waals surface area contributed by atoms with Crippen molar-refractivity contribution in [2.45, 2.75) is 5.92 Å². The lowest BCUT2D eigenvalue weighted by atomic mass is 9.99. The lowest BCUT2D eigenvalue weighted by Crippen LogP contribution is -2.29. The first-order valence-electron chi connectivity index (χ1n) is 8.55. The first-order chi connectivity index (χ1) is 14.0. The van der Waals surface area contributed by atoms with Crippen molar-refractivity contribution in [3.05, 3.63) is 88.4 Å². The molecule has 0 bridgehead atoms. The smallest absolute Gasteiger partial charge is 0.330 e. The predicted octanol–water partition coefficient (Wildman–Crippen LogP) is 5.30. The highest BCUT2D eigenvalue weighted by molar-refractivity contribution is 6.30. The van der Waals surface area contributed by atoms with E-state index < -0.39 is 17.9 Å². The average molecular weight is 431 g/mol. The molecule has 0 unspecified atom stereocenters. The summed E-state index contributed by atoms with van der Waals surface area (Å²) in [5.41, 5.74) is 0.406. The van der Waals surface area contributed by atoms with Crippen LogP contribution in [0.3, 0.4) is 0 Å². The SMILES string of the molecule is COc1ccc(C(C(=O)Oc2ccc(Cl)cc2)C(=O)Oc2ccc(Cl)cc2)cc1. The van der Waals surface area contributed by atoms with Crippen LogP contribution >= 0.6 is 23.2 Å². The fourth-order valence-electron chi connectivity index (χ4n) is 2.52. The molecule has 7 heteroatoms. The van der Waals surface area contributed by atoms with Gasteiger partial charge >= 0.3 is 11.9 Å². The van der Waals surface area contributed by atoms with E-state index in [0.717, 1.165) is 0 Å². The zero-order valence-electron chi connectivity index (χ0n) is 15.3. The lowest BCUT2D eigenvalue weighted by Gasteiger charge is -2.16. The van der Waals surface area contributed by atoms with Crippen molar-refractivity contribution in [1.82, 2.24) is 0 Å². The number of hydrogen-bond acceptors (Lipinski definition) is 5. The molecule has 0 saturated heterocycles. The molecule has 0 fully saturated rings. The van der Waals surface area contributed by atoms with Crippen molar-refractivity contribution in [2.75, 3.05) is 7.11 Å². The largest absolute Gasteiger partial charge is 0.497 e. The van der Waals surface area contributed by atoms with Gasteiger partial charge in [-0.2, -0.15) is 0 Å². The summed E-state index contributed by atoms with van der Waals surface area (Å²) in [4.78, 5) is 25.7. The number of carbonyl (C=O) groups is 2. The van der Waals surface area contributed by atoms with Gasteiger partial charge in [0.15, 0.2) is 5.92 Å². The molecule has 29 heavy (non-hydrogen) atoms. The Morgan fingerprint density at radius 1 is 0.655 bits per heavy atom. The molecule has 0 aliphatic carbocycles. The summed E-state index contributed by atoms with van der Waals surface area (Å²) in [5.74, 6) is -1.75. The topological polar surface area (TPSA) is 61.8 Å². The van der Waals surface area contributed by atoms with Crippen LogP contribution in [0.1, 0.15) is 11.5 Å². The molecule has 0 aliphatic rings. The molecule has 0 atom stereocenters. The minimum Gasteiger partial charge on any atom is -0.497 e. The van der Waals surface area contributed by atoms with Crippen molar-refractivity contribution >= 4 is 35.1 Å². The van der Waals surface area contributed by atoms with Gasteiger partial charge in [-0.05, 0) is 66.2 Å². The van der Waals surface area contributed by atoms with Gasteiger partial charge in [0.05, 0.1) is 7.11 Å². The van der Waals surface area contributed by atoms with Crippen LogP contribution < -0.4 is 14.2 Å². The molecule has 0 heterocycles. The maximum Gasteiger partial charge on any atom is 0.330 e.